The van der Waals surface area contributed by atoms with E-state index in [9.17, 15) is 13.2 Å². The van der Waals surface area contributed by atoms with E-state index in [2.05, 4.69) is 28.6 Å². The van der Waals surface area contributed by atoms with E-state index in [1.807, 2.05) is 0 Å². The van der Waals surface area contributed by atoms with E-state index in [0.717, 1.165) is 6.07 Å². The van der Waals surface area contributed by atoms with E-state index in [1.165, 1.54) is 6.07 Å². The van der Waals surface area contributed by atoms with Gasteiger partial charge in [-0.1, -0.05) is 22.0 Å². The van der Waals surface area contributed by atoms with Crippen LogP contribution in [0.3, 0.4) is 0 Å². The second-order valence-electron chi connectivity index (χ2n) is 2.48. The fraction of sp³-hybridized carbons (Fsp3) is 0.250. The van der Waals surface area contributed by atoms with Crippen LogP contribution in [0.5, 0.6) is 0 Å². The Bertz CT molecular complexity index is 309. The Morgan fingerprint density at radius 2 is 1.92 bits per heavy atom. The predicted octanol–water partition coefficient (Wildman–Crippen LogP) is 3.89. The largest absolute Gasteiger partial charge is 0.417 e. The lowest BCUT2D eigenvalue weighted by atomic mass is 10.1. The molecule has 0 heterocycles. The third kappa shape index (κ3) is 2.64. The molecule has 0 N–H and O–H groups in total. The van der Waals surface area contributed by atoms with E-state index >= 15 is 0 Å². The van der Waals surface area contributed by atoms with E-state index in [0.29, 0.717) is 10.9 Å². The van der Waals surface area contributed by atoms with Crippen molar-refractivity contribution in [2.45, 2.75) is 16.4 Å². The zero-order valence-corrected chi connectivity index (χ0v) is 8.88. The van der Waals surface area contributed by atoms with Gasteiger partial charge in [-0.3, -0.25) is 0 Å². The Hall–Kier alpha value is -0.160. The molecule has 0 aromatic heterocycles. The molecule has 1 aromatic carbocycles. The lowest BCUT2D eigenvalue weighted by molar-refractivity contribution is -0.139. The molecule has 0 nitrogen and oxygen atoms in total. The Kier molecular flexibility index (Phi) is 3.29. The summed E-state index contributed by atoms with van der Waals surface area (Å²) in [6.45, 7) is 0. The smallest absolute Gasteiger partial charge is 0.166 e. The van der Waals surface area contributed by atoms with Gasteiger partial charge in [0.1, 0.15) is 0 Å². The van der Waals surface area contributed by atoms with Crippen LogP contribution in [0.25, 0.3) is 0 Å². The molecule has 0 unspecified atom stereocenters. The van der Waals surface area contributed by atoms with Crippen LogP contribution < -0.4 is 0 Å². The van der Waals surface area contributed by atoms with Gasteiger partial charge in [-0.2, -0.15) is 13.2 Å². The molecule has 0 saturated heterocycles. The summed E-state index contributed by atoms with van der Waals surface area (Å²) in [5.74, 6) is 0. The number of hydrogen-bond acceptors (Lipinski definition) is 1. The van der Waals surface area contributed by atoms with Crippen molar-refractivity contribution < 1.29 is 13.2 Å². The first-order valence-electron chi connectivity index (χ1n) is 3.40. The summed E-state index contributed by atoms with van der Waals surface area (Å²) in [7, 11) is 0. The predicted molar refractivity (Wildman–Crippen MR) is 51.3 cm³/mol. The van der Waals surface area contributed by atoms with Gasteiger partial charge in [0, 0.05) is 10.2 Å². The van der Waals surface area contributed by atoms with Crippen molar-refractivity contribution in [2.24, 2.45) is 0 Å². The van der Waals surface area contributed by atoms with Crippen molar-refractivity contribution in [1.29, 1.82) is 0 Å². The van der Waals surface area contributed by atoms with Crippen molar-refractivity contribution in [1.82, 2.24) is 0 Å². The highest BCUT2D eigenvalue weighted by atomic mass is 79.9. The first-order chi connectivity index (χ1) is 5.95. The zero-order valence-electron chi connectivity index (χ0n) is 6.40. The number of halogens is 4. The molecule has 0 aliphatic rings. The first-order valence-corrected chi connectivity index (χ1v) is 4.97. The first kappa shape index (κ1) is 10.9. The highest BCUT2D eigenvalue weighted by Gasteiger charge is 2.32. The maximum atomic E-state index is 12.3. The molecule has 1 aromatic rings. The minimum absolute atomic E-state index is 0.0443. The number of thiol groups is 1. The van der Waals surface area contributed by atoms with Gasteiger partial charge >= 0.3 is 6.18 Å². The summed E-state index contributed by atoms with van der Waals surface area (Å²) in [5, 5.41) is 0.407. The number of benzene rings is 1. The summed E-state index contributed by atoms with van der Waals surface area (Å²) in [6.07, 6.45) is -4.32. The molecule has 5 heteroatoms. The summed E-state index contributed by atoms with van der Waals surface area (Å²) in [5.41, 5.74) is -0.0992. The molecule has 13 heavy (non-hydrogen) atoms. The van der Waals surface area contributed by atoms with E-state index < -0.39 is 11.7 Å². The highest BCUT2D eigenvalue weighted by molar-refractivity contribution is 9.08. The minimum atomic E-state index is -4.32. The van der Waals surface area contributed by atoms with Crippen molar-refractivity contribution >= 4 is 28.6 Å². The second-order valence-corrected chi connectivity index (χ2v) is 3.53. The van der Waals surface area contributed by atoms with E-state index in [-0.39, 0.29) is 4.90 Å². The van der Waals surface area contributed by atoms with Crippen LogP contribution in [0.4, 0.5) is 13.2 Å². The number of rotatable bonds is 1. The van der Waals surface area contributed by atoms with Crippen LogP contribution in [-0.2, 0) is 11.5 Å². The van der Waals surface area contributed by atoms with Crippen LogP contribution in [0.2, 0.25) is 0 Å². The molecule has 0 bridgehead atoms. The van der Waals surface area contributed by atoms with Crippen LogP contribution in [0.1, 0.15) is 11.1 Å². The molecule has 0 aliphatic carbocycles. The summed E-state index contributed by atoms with van der Waals surface area (Å²) in [6, 6.07) is 4.05. The standard InChI is InChI=1S/C8H6BrF3S/c9-4-5-1-2-7(13)6(3-5)8(10,11)12/h1-3,13H,4H2. The molecule has 0 radical (unpaired) electrons. The normalized spacial score (nSPS) is 11.8. The van der Waals surface area contributed by atoms with Crippen LogP contribution in [0, 0.1) is 0 Å². The van der Waals surface area contributed by atoms with Gasteiger partial charge in [0.05, 0.1) is 5.56 Å². The van der Waals surface area contributed by atoms with Crippen LogP contribution >= 0.6 is 28.6 Å². The molecule has 1 rings (SSSR count). The van der Waals surface area contributed by atoms with Gasteiger partial charge in [0.25, 0.3) is 0 Å². The lowest BCUT2D eigenvalue weighted by Crippen LogP contribution is -2.06. The molecule has 0 atom stereocenters. The molecule has 0 fully saturated rings. The molecule has 72 valence electrons. The van der Waals surface area contributed by atoms with Gasteiger partial charge in [-0.15, -0.1) is 12.6 Å². The SMILES string of the molecule is FC(F)(F)c1cc(CBr)ccc1S. The minimum Gasteiger partial charge on any atom is -0.166 e. The quantitative estimate of drug-likeness (QED) is 0.581. The molecule has 0 amide bonds. The van der Waals surface area contributed by atoms with Gasteiger partial charge in [-0.05, 0) is 17.7 Å². The Morgan fingerprint density at radius 1 is 1.31 bits per heavy atom. The molecular formula is C8H6BrF3S. The van der Waals surface area contributed by atoms with Crippen molar-refractivity contribution in [3.8, 4) is 0 Å². The Balaban J connectivity index is 3.19. The van der Waals surface area contributed by atoms with Crippen LogP contribution in [-0.4, -0.2) is 0 Å². The van der Waals surface area contributed by atoms with Crippen molar-refractivity contribution in [3.63, 3.8) is 0 Å². The third-order valence-electron chi connectivity index (χ3n) is 1.52. The van der Waals surface area contributed by atoms with Gasteiger partial charge in [0.2, 0.25) is 0 Å². The number of alkyl halides is 4. The maximum Gasteiger partial charge on any atom is 0.417 e. The van der Waals surface area contributed by atoms with Crippen molar-refractivity contribution in [2.75, 3.05) is 0 Å². The van der Waals surface area contributed by atoms with E-state index in [1.54, 1.807) is 6.07 Å². The fourth-order valence-electron chi connectivity index (χ4n) is 0.893. The molecule has 0 aliphatic heterocycles. The fourth-order valence-corrected chi connectivity index (χ4v) is 1.51. The monoisotopic (exact) mass is 270 g/mol. The molecule has 0 saturated carbocycles. The van der Waals surface area contributed by atoms with Crippen molar-refractivity contribution in [3.05, 3.63) is 29.3 Å². The lowest BCUT2D eigenvalue weighted by Gasteiger charge is -2.10. The summed E-state index contributed by atoms with van der Waals surface area (Å²) in [4.78, 5) is -0.0443. The average Bonchev–Trinajstić information content (AvgIpc) is 2.03. The third-order valence-corrected chi connectivity index (χ3v) is 2.56. The van der Waals surface area contributed by atoms with Gasteiger partial charge in [0.15, 0.2) is 0 Å². The maximum absolute atomic E-state index is 12.3. The average molecular weight is 271 g/mol. The van der Waals surface area contributed by atoms with E-state index in [4.69, 9.17) is 0 Å². The molecular weight excluding hydrogens is 265 g/mol. The Morgan fingerprint density at radius 3 is 2.38 bits per heavy atom. The summed E-state index contributed by atoms with van der Waals surface area (Å²) >= 11 is 6.83. The second kappa shape index (κ2) is 3.92. The molecule has 0 spiro atoms. The number of hydrogen-bond donors (Lipinski definition) is 1. The zero-order chi connectivity index (χ0) is 10.1. The van der Waals surface area contributed by atoms with Gasteiger partial charge < -0.3 is 0 Å². The highest BCUT2D eigenvalue weighted by Crippen LogP contribution is 2.34. The van der Waals surface area contributed by atoms with Gasteiger partial charge in [-0.25, -0.2) is 0 Å². The van der Waals surface area contributed by atoms with Crippen LogP contribution in [0.15, 0.2) is 23.1 Å². The Labute approximate surface area is 87.7 Å². The topological polar surface area (TPSA) is 0 Å². The summed E-state index contributed by atoms with van der Waals surface area (Å²) < 4.78 is 36.9.